The summed E-state index contributed by atoms with van der Waals surface area (Å²) in [7, 11) is 0. The zero-order valence-electron chi connectivity index (χ0n) is 26.9. The van der Waals surface area contributed by atoms with E-state index >= 15 is 0 Å². The Morgan fingerprint density at radius 3 is 2.36 bits per heavy atom. The Bertz CT molecular complexity index is 1860. The molecule has 2 amide bonds. The van der Waals surface area contributed by atoms with Crippen molar-refractivity contribution in [1.29, 1.82) is 0 Å². The van der Waals surface area contributed by atoms with Gasteiger partial charge in [-0.2, -0.15) is 0 Å². The maximum atomic E-state index is 13.5. The lowest BCUT2D eigenvalue weighted by Gasteiger charge is -2.19. The number of rotatable bonds is 10. The van der Waals surface area contributed by atoms with Crippen LogP contribution in [-0.4, -0.2) is 44.3 Å². The average Bonchev–Trinajstić information content (AvgIpc) is 3.04. The molecule has 0 radical (unpaired) electrons. The number of benzene rings is 3. The van der Waals surface area contributed by atoms with Gasteiger partial charge in [-0.3, -0.25) is 10.1 Å². The second-order valence-corrected chi connectivity index (χ2v) is 13.3. The summed E-state index contributed by atoms with van der Waals surface area (Å²) in [4.78, 5) is 41.0. The number of hydrogen-bond donors (Lipinski definition) is 4. The minimum Gasteiger partial charge on any atom is -0.444 e. The third kappa shape index (κ3) is 8.84. The molecule has 0 saturated heterocycles. The Morgan fingerprint density at radius 2 is 1.68 bits per heavy atom. The minimum absolute atomic E-state index is 0.244. The number of hydrogen-bond acceptors (Lipinski definition) is 9. The van der Waals surface area contributed by atoms with E-state index in [1.165, 1.54) is 18.1 Å². The highest BCUT2D eigenvalue weighted by Gasteiger charge is 2.19. The summed E-state index contributed by atoms with van der Waals surface area (Å²) < 4.78 is 5.35. The van der Waals surface area contributed by atoms with E-state index in [1.54, 1.807) is 24.3 Å². The molecule has 47 heavy (non-hydrogen) atoms. The summed E-state index contributed by atoms with van der Waals surface area (Å²) in [6.45, 7) is 9.34. The standard InChI is InChI=1S/C36H38N6O4S/c1-22(2)28-17-16-27-32(40-28)37-21-38-33(27)41-29-19-24(34(44)42-30(20-43)23-9-7-6-8-10-23)11-18-31(29)47-26-14-12-25(13-15-26)39-35(45)46-36(3,4)5/h6-19,21-22,30,43H,20H2,1-5H3,(H,39,45)(H,42,44)(H,37,38,40,41)/t30-/m0/s1. The Morgan fingerprint density at radius 1 is 0.936 bits per heavy atom. The molecule has 5 rings (SSSR count). The van der Waals surface area contributed by atoms with Gasteiger partial charge in [0.1, 0.15) is 17.7 Å². The summed E-state index contributed by atoms with van der Waals surface area (Å²) in [6, 6.07) is 25.5. The van der Waals surface area contributed by atoms with Crippen LogP contribution in [-0.2, 0) is 4.74 Å². The van der Waals surface area contributed by atoms with Crippen LogP contribution < -0.4 is 16.0 Å². The molecule has 242 valence electrons. The number of aromatic nitrogens is 3. The van der Waals surface area contributed by atoms with E-state index in [9.17, 15) is 14.7 Å². The number of nitrogens with zero attached hydrogens (tertiary/aromatic N) is 3. The van der Waals surface area contributed by atoms with Gasteiger partial charge in [-0.25, -0.2) is 19.7 Å². The quantitative estimate of drug-likeness (QED) is 0.119. The van der Waals surface area contributed by atoms with Crippen LogP contribution in [0.3, 0.4) is 0 Å². The van der Waals surface area contributed by atoms with Crippen molar-refractivity contribution in [2.24, 2.45) is 0 Å². The van der Waals surface area contributed by atoms with Crippen LogP contribution in [0.1, 0.15) is 68.2 Å². The Labute approximate surface area is 278 Å². The molecule has 0 aliphatic rings. The normalized spacial score (nSPS) is 12.1. The number of carbonyl (C=O) groups is 2. The van der Waals surface area contributed by atoms with Crippen LogP contribution in [0, 0.1) is 0 Å². The maximum Gasteiger partial charge on any atom is 0.412 e. The molecule has 5 aromatic rings. The first-order chi connectivity index (χ1) is 22.5. The fourth-order valence-corrected chi connectivity index (χ4v) is 5.56. The van der Waals surface area contributed by atoms with E-state index in [1.807, 2.05) is 81.4 Å². The van der Waals surface area contributed by atoms with E-state index in [0.29, 0.717) is 28.4 Å². The number of anilines is 3. The van der Waals surface area contributed by atoms with Crippen LogP contribution in [0.5, 0.6) is 0 Å². The Balaban J connectivity index is 1.44. The summed E-state index contributed by atoms with van der Waals surface area (Å²) in [5.74, 6) is 0.459. The van der Waals surface area contributed by atoms with Gasteiger partial charge in [0.25, 0.3) is 5.91 Å². The minimum atomic E-state index is -0.603. The predicted molar refractivity (Wildman–Crippen MR) is 185 cm³/mol. The summed E-state index contributed by atoms with van der Waals surface area (Å²) >= 11 is 1.48. The van der Waals surface area contributed by atoms with Gasteiger partial charge in [0.15, 0.2) is 5.65 Å². The van der Waals surface area contributed by atoms with E-state index < -0.39 is 17.7 Å². The highest BCUT2D eigenvalue weighted by atomic mass is 32.2. The average molecular weight is 651 g/mol. The molecule has 10 nitrogen and oxygen atoms in total. The fraction of sp³-hybridized carbons (Fsp3) is 0.250. The first-order valence-electron chi connectivity index (χ1n) is 15.3. The first kappa shape index (κ1) is 33.4. The molecule has 2 heterocycles. The van der Waals surface area contributed by atoms with Crippen LogP contribution in [0.15, 0.2) is 101 Å². The SMILES string of the molecule is CC(C)c1ccc2c(Nc3cc(C(=O)N[C@@H](CO)c4ccccc4)ccc3Sc3ccc(NC(=O)OC(C)(C)C)cc3)ncnc2n1. The van der Waals surface area contributed by atoms with Crippen molar-refractivity contribution in [2.75, 3.05) is 17.2 Å². The molecule has 0 unspecified atom stereocenters. The van der Waals surface area contributed by atoms with Gasteiger partial charge in [-0.15, -0.1) is 0 Å². The van der Waals surface area contributed by atoms with Crippen molar-refractivity contribution in [2.45, 2.75) is 62.0 Å². The number of nitrogens with one attached hydrogen (secondary N) is 3. The molecule has 0 aliphatic carbocycles. The van der Waals surface area contributed by atoms with E-state index in [4.69, 9.17) is 9.72 Å². The van der Waals surface area contributed by atoms with Crippen molar-refractivity contribution < 1.29 is 19.4 Å². The van der Waals surface area contributed by atoms with Gasteiger partial charge in [0, 0.05) is 26.7 Å². The molecule has 4 N–H and O–H groups in total. The Hall–Kier alpha value is -5.00. The zero-order chi connectivity index (χ0) is 33.6. The van der Waals surface area contributed by atoms with Gasteiger partial charge >= 0.3 is 6.09 Å². The molecule has 2 aromatic heterocycles. The number of pyridine rings is 1. The third-order valence-electron chi connectivity index (χ3n) is 7.02. The Kier molecular flexibility index (Phi) is 10.4. The molecule has 0 spiro atoms. The second-order valence-electron chi connectivity index (χ2n) is 12.2. The topological polar surface area (TPSA) is 138 Å². The van der Waals surface area contributed by atoms with Crippen LogP contribution in [0.4, 0.5) is 22.0 Å². The number of aliphatic hydroxyl groups is 1. The molecule has 0 bridgehead atoms. The molecule has 0 fully saturated rings. The largest absolute Gasteiger partial charge is 0.444 e. The molecular formula is C36H38N6O4S. The number of aliphatic hydroxyl groups excluding tert-OH is 1. The number of ether oxygens (including phenoxy) is 1. The van der Waals surface area contributed by atoms with Crippen LogP contribution >= 0.6 is 11.8 Å². The van der Waals surface area contributed by atoms with Crippen LogP contribution in [0.25, 0.3) is 11.0 Å². The van der Waals surface area contributed by atoms with Gasteiger partial charge in [-0.1, -0.05) is 55.9 Å². The number of carbonyl (C=O) groups excluding carboxylic acids is 2. The lowest BCUT2D eigenvalue weighted by atomic mass is 10.1. The molecule has 1 atom stereocenters. The van der Waals surface area contributed by atoms with Gasteiger partial charge in [-0.05, 0) is 86.8 Å². The summed E-state index contributed by atoms with van der Waals surface area (Å²) in [6.07, 6.45) is 0.939. The monoisotopic (exact) mass is 650 g/mol. The van der Waals surface area contributed by atoms with Crippen molar-refractivity contribution in [1.82, 2.24) is 20.3 Å². The molecule has 0 aliphatic heterocycles. The van der Waals surface area contributed by atoms with Gasteiger partial charge in [0.2, 0.25) is 0 Å². The smallest absolute Gasteiger partial charge is 0.412 e. The number of fused-ring (bicyclic) bond motifs is 1. The molecule has 3 aromatic carbocycles. The van der Waals surface area contributed by atoms with Crippen LogP contribution in [0.2, 0.25) is 0 Å². The van der Waals surface area contributed by atoms with E-state index in [0.717, 1.165) is 26.4 Å². The van der Waals surface area contributed by atoms with Crippen molar-refractivity contribution in [3.8, 4) is 0 Å². The maximum absolute atomic E-state index is 13.5. The second kappa shape index (κ2) is 14.6. The summed E-state index contributed by atoms with van der Waals surface area (Å²) in [5, 5.41) is 19.9. The predicted octanol–water partition coefficient (Wildman–Crippen LogP) is 7.85. The lowest BCUT2D eigenvalue weighted by Crippen LogP contribution is -2.30. The van der Waals surface area contributed by atoms with Gasteiger partial charge < -0.3 is 20.5 Å². The first-order valence-corrected chi connectivity index (χ1v) is 16.1. The highest BCUT2D eigenvalue weighted by molar-refractivity contribution is 7.99. The lowest BCUT2D eigenvalue weighted by molar-refractivity contribution is 0.0635. The van der Waals surface area contributed by atoms with Gasteiger partial charge in [0.05, 0.1) is 23.7 Å². The van der Waals surface area contributed by atoms with Crippen molar-refractivity contribution in [3.05, 3.63) is 108 Å². The van der Waals surface area contributed by atoms with E-state index in [-0.39, 0.29) is 18.4 Å². The molecule has 0 saturated carbocycles. The van der Waals surface area contributed by atoms with E-state index in [2.05, 4.69) is 39.8 Å². The zero-order valence-corrected chi connectivity index (χ0v) is 27.8. The van der Waals surface area contributed by atoms with Crippen molar-refractivity contribution >= 4 is 52.0 Å². The fourth-order valence-electron chi connectivity index (χ4n) is 4.68. The third-order valence-corrected chi connectivity index (χ3v) is 8.11. The van der Waals surface area contributed by atoms with Crippen molar-refractivity contribution in [3.63, 3.8) is 0 Å². The molecule has 11 heteroatoms. The highest BCUT2D eigenvalue weighted by Crippen LogP contribution is 2.37. The molecular weight excluding hydrogens is 613 g/mol. The number of amides is 2. The summed E-state index contributed by atoms with van der Waals surface area (Å²) in [5.41, 5.74) is 3.35.